The quantitative estimate of drug-likeness (QED) is 0.742. The Hall–Kier alpha value is -2.36. The van der Waals surface area contributed by atoms with Crippen molar-refractivity contribution in [1.29, 1.82) is 0 Å². The first-order valence-corrected chi connectivity index (χ1v) is 9.64. The summed E-state index contributed by atoms with van der Waals surface area (Å²) in [6, 6.07) is 1.91. The third-order valence-corrected chi connectivity index (χ3v) is 5.22. The van der Waals surface area contributed by atoms with Crippen molar-refractivity contribution in [2.45, 2.75) is 43.9 Å². The molecule has 10 heteroatoms. The number of pyridine rings is 1. The molecule has 6 nitrogen and oxygen atoms in total. The Labute approximate surface area is 165 Å². The first kappa shape index (κ1) is 20.4. The van der Waals surface area contributed by atoms with E-state index in [0.29, 0.717) is 23.7 Å². The van der Waals surface area contributed by atoms with Gasteiger partial charge in [-0.2, -0.15) is 13.2 Å². The molecule has 0 saturated heterocycles. The number of allylic oxidation sites excluding steroid dienone is 1. The smallest absolute Gasteiger partial charge is 0.430 e. The van der Waals surface area contributed by atoms with E-state index in [1.807, 2.05) is 26.8 Å². The number of hydrogen-bond donors (Lipinski definition) is 2. The van der Waals surface area contributed by atoms with Crippen molar-refractivity contribution in [2.75, 3.05) is 11.5 Å². The van der Waals surface area contributed by atoms with Gasteiger partial charge in [-0.25, -0.2) is 9.97 Å². The Bertz CT molecular complexity index is 950. The molecular weight excluding hydrogens is 391 g/mol. The predicted molar refractivity (Wildman–Crippen MR) is 104 cm³/mol. The SMILES string of the molecule is CCSc1cc2c(nc1-c1nc(/C=C(\N)C(F)(F)F)c(N)n1C)CC(C)(C)O2. The highest BCUT2D eigenvalue weighted by atomic mass is 32.2. The molecule has 0 fully saturated rings. The minimum absolute atomic E-state index is 0.0429. The molecule has 0 saturated carbocycles. The Morgan fingerprint density at radius 2 is 2.07 bits per heavy atom. The van der Waals surface area contributed by atoms with Gasteiger partial charge in [0.05, 0.1) is 5.69 Å². The molecule has 0 spiro atoms. The van der Waals surface area contributed by atoms with Gasteiger partial charge in [0.15, 0.2) is 5.82 Å². The molecule has 3 rings (SSSR count). The van der Waals surface area contributed by atoms with Crippen LogP contribution >= 0.6 is 11.8 Å². The maximum Gasteiger partial charge on any atom is 0.430 e. The van der Waals surface area contributed by atoms with Gasteiger partial charge in [0.25, 0.3) is 0 Å². The number of nitrogens with zero attached hydrogens (tertiary/aromatic N) is 3. The molecule has 0 radical (unpaired) electrons. The first-order chi connectivity index (χ1) is 12.9. The normalized spacial score (nSPS) is 16.2. The molecule has 0 amide bonds. The molecule has 0 aliphatic carbocycles. The van der Waals surface area contributed by atoms with Crippen molar-refractivity contribution in [3.63, 3.8) is 0 Å². The second-order valence-corrected chi connectivity index (χ2v) is 8.42. The monoisotopic (exact) mass is 413 g/mol. The number of ether oxygens (including phenoxy) is 1. The van der Waals surface area contributed by atoms with E-state index in [2.05, 4.69) is 4.98 Å². The molecule has 0 bridgehead atoms. The molecular formula is C18H22F3N5OS. The number of nitrogen functional groups attached to an aromatic ring is 1. The summed E-state index contributed by atoms with van der Waals surface area (Å²) in [5.41, 5.74) is 10.8. The molecule has 0 aromatic carbocycles. The summed E-state index contributed by atoms with van der Waals surface area (Å²) in [4.78, 5) is 9.85. The van der Waals surface area contributed by atoms with Crippen LogP contribution in [0.5, 0.6) is 5.75 Å². The number of imidazole rings is 1. The van der Waals surface area contributed by atoms with Crippen LogP contribution in [0.25, 0.3) is 17.6 Å². The number of thioether (sulfide) groups is 1. The zero-order valence-electron chi connectivity index (χ0n) is 16.0. The van der Waals surface area contributed by atoms with Crippen LogP contribution in [0, 0.1) is 0 Å². The summed E-state index contributed by atoms with van der Waals surface area (Å²) in [7, 11) is 1.63. The van der Waals surface area contributed by atoms with E-state index < -0.39 is 11.9 Å². The van der Waals surface area contributed by atoms with E-state index in [9.17, 15) is 13.2 Å². The summed E-state index contributed by atoms with van der Waals surface area (Å²) in [6.45, 7) is 5.95. The van der Waals surface area contributed by atoms with Crippen molar-refractivity contribution in [2.24, 2.45) is 12.8 Å². The molecule has 2 aromatic heterocycles. The number of anilines is 1. The number of halogens is 3. The maximum atomic E-state index is 12.8. The first-order valence-electron chi connectivity index (χ1n) is 8.65. The zero-order valence-corrected chi connectivity index (χ0v) is 16.8. The molecule has 1 aliphatic heterocycles. The van der Waals surface area contributed by atoms with Gasteiger partial charge in [-0.1, -0.05) is 6.92 Å². The van der Waals surface area contributed by atoms with Crippen molar-refractivity contribution in [3.8, 4) is 17.3 Å². The summed E-state index contributed by atoms with van der Waals surface area (Å²) >= 11 is 1.55. The van der Waals surface area contributed by atoms with Gasteiger partial charge in [-0.15, -0.1) is 11.8 Å². The summed E-state index contributed by atoms with van der Waals surface area (Å²) in [5, 5.41) is 0. The van der Waals surface area contributed by atoms with Gasteiger partial charge in [0.1, 0.15) is 34.3 Å². The summed E-state index contributed by atoms with van der Waals surface area (Å²) in [6.07, 6.45) is -3.28. The lowest BCUT2D eigenvalue weighted by Crippen LogP contribution is -2.24. The highest BCUT2D eigenvalue weighted by molar-refractivity contribution is 7.99. The van der Waals surface area contributed by atoms with Crippen LogP contribution in [0.2, 0.25) is 0 Å². The molecule has 3 heterocycles. The zero-order chi connectivity index (χ0) is 20.9. The number of aromatic nitrogens is 3. The molecule has 28 heavy (non-hydrogen) atoms. The van der Waals surface area contributed by atoms with E-state index in [-0.39, 0.29) is 17.1 Å². The van der Waals surface area contributed by atoms with Crippen LogP contribution in [-0.2, 0) is 13.5 Å². The fourth-order valence-electron chi connectivity index (χ4n) is 2.97. The van der Waals surface area contributed by atoms with Crippen molar-refractivity contribution < 1.29 is 17.9 Å². The third kappa shape index (κ3) is 3.78. The highest BCUT2D eigenvalue weighted by Gasteiger charge is 2.34. The van der Waals surface area contributed by atoms with Crippen LogP contribution in [0.1, 0.15) is 32.2 Å². The molecule has 0 atom stereocenters. The Kier molecular flexibility index (Phi) is 5.03. The average molecular weight is 413 g/mol. The fourth-order valence-corrected chi connectivity index (χ4v) is 3.75. The lowest BCUT2D eigenvalue weighted by atomic mass is 10.1. The lowest BCUT2D eigenvalue weighted by molar-refractivity contribution is -0.0916. The molecule has 4 N–H and O–H groups in total. The van der Waals surface area contributed by atoms with Crippen LogP contribution in [0.3, 0.4) is 0 Å². The molecule has 2 aromatic rings. The van der Waals surface area contributed by atoms with Gasteiger partial charge in [0, 0.05) is 18.4 Å². The Balaban J connectivity index is 2.13. The summed E-state index contributed by atoms with van der Waals surface area (Å²) < 4.78 is 45.8. The van der Waals surface area contributed by atoms with Gasteiger partial charge < -0.3 is 20.8 Å². The van der Waals surface area contributed by atoms with E-state index in [1.165, 1.54) is 4.57 Å². The summed E-state index contributed by atoms with van der Waals surface area (Å²) in [5.74, 6) is 1.95. The standard InChI is InChI=1S/C18H22F3N5OS/c1-5-28-12-7-11-10(8-17(2,3)27-11)24-14(12)16-25-9(15(23)26(16)4)6-13(22)18(19,20)21/h6-7H,5,8,22-23H2,1-4H3/b13-6-. The Morgan fingerprint density at radius 1 is 1.39 bits per heavy atom. The molecule has 152 valence electrons. The van der Waals surface area contributed by atoms with E-state index in [0.717, 1.165) is 22.4 Å². The number of hydrogen-bond acceptors (Lipinski definition) is 6. The number of fused-ring (bicyclic) bond motifs is 1. The van der Waals surface area contributed by atoms with Crippen LogP contribution in [0.4, 0.5) is 19.0 Å². The third-order valence-electron chi connectivity index (χ3n) is 4.31. The number of rotatable bonds is 4. The van der Waals surface area contributed by atoms with Crippen LogP contribution in [0.15, 0.2) is 16.7 Å². The maximum absolute atomic E-state index is 12.8. The molecule has 0 unspecified atom stereocenters. The fraction of sp³-hybridized carbons (Fsp3) is 0.444. The van der Waals surface area contributed by atoms with Gasteiger partial charge in [0.2, 0.25) is 0 Å². The van der Waals surface area contributed by atoms with Gasteiger partial charge in [-0.3, -0.25) is 0 Å². The number of nitrogens with two attached hydrogens (primary N) is 2. The minimum atomic E-state index is -4.65. The lowest BCUT2D eigenvalue weighted by Gasteiger charge is -2.16. The van der Waals surface area contributed by atoms with Crippen LogP contribution in [-0.4, -0.2) is 32.1 Å². The average Bonchev–Trinajstić information content (AvgIpc) is 3.02. The largest absolute Gasteiger partial charge is 0.485 e. The topological polar surface area (TPSA) is 92.0 Å². The van der Waals surface area contributed by atoms with Gasteiger partial charge in [-0.05, 0) is 31.7 Å². The van der Waals surface area contributed by atoms with Gasteiger partial charge >= 0.3 is 6.18 Å². The second kappa shape index (κ2) is 6.91. The Morgan fingerprint density at radius 3 is 2.68 bits per heavy atom. The molecule has 1 aliphatic rings. The van der Waals surface area contributed by atoms with Crippen molar-refractivity contribution in [3.05, 3.63) is 23.2 Å². The predicted octanol–water partition coefficient (Wildman–Crippen LogP) is 3.75. The van der Waals surface area contributed by atoms with E-state index >= 15 is 0 Å². The minimum Gasteiger partial charge on any atom is -0.485 e. The van der Waals surface area contributed by atoms with E-state index in [4.69, 9.17) is 21.2 Å². The van der Waals surface area contributed by atoms with Crippen molar-refractivity contribution >= 4 is 23.7 Å². The number of alkyl halides is 3. The second-order valence-electron chi connectivity index (χ2n) is 7.11. The van der Waals surface area contributed by atoms with Crippen LogP contribution < -0.4 is 16.2 Å². The highest BCUT2D eigenvalue weighted by Crippen LogP contribution is 2.41. The van der Waals surface area contributed by atoms with E-state index in [1.54, 1.807) is 18.8 Å². The van der Waals surface area contributed by atoms with Crippen molar-refractivity contribution in [1.82, 2.24) is 14.5 Å².